The van der Waals surface area contributed by atoms with Crippen LogP contribution in [0, 0.1) is 5.92 Å². The zero-order valence-corrected chi connectivity index (χ0v) is 12.7. The molecule has 1 unspecified atom stereocenters. The lowest BCUT2D eigenvalue weighted by Crippen LogP contribution is -2.46. The van der Waals surface area contributed by atoms with Crippen molar-refractivity contribution in [2.75, 3.05) is 26.2 Å². The number of urea groups is 1. The molecule has 1 aliphatic heterocycles. The summed E-state index contributed by atoms with van der Waals surface area (Å²) in [4.78, 5) is 13.2. The molecule has 7 heteroatoms. The maximum atomic E-state index is 12.3. The molecule has 0 bridgehead atoms. The van der Waals surface area contributed by atoms with Crippen LogP contribution >= 0.6 is 0 Å². The molecule has 0 spiro atoms. The van der Waals surface area contributed by atoms with Gasteiger partial charge in [-0.2, -0.15) is 13.2 Å². The third-order valence-electron chi connectivity index (χ3n) is 4.23. The van der Waals surface area contributed by atoms with E-state index in [1.54, 1.807) is 0 Å². The first-order valence-corrected chi connectivity index (χ1v) is 7.92. The third-order valence-corrected chi connectivity index (χ3v) is 4.23. The summed E-state index contributed by atoms with van der Waals surface area (Å²) in [6.07, 6.45) is 4.45. The molecule has 0 radical (unpaired) electrons. The van der Waals surface area contributed by atoms with E-state index in [9.17, 15) is 18.0 Å². The van der Waals surface area contributed by atoms with Crippen LogP contribution in [0.25, 0.3) is 0 Å². The minimum absolute atomic E-state index is 0.0994. The maximum absolute atomic E-state index is 12.3. The Morgan fingerprint density at radius 3 is 2.55 bits per heavy atom. The van der Waals surface area contributed by atoms with E-state index in [1.165, 1.54) is 4.90 Å². The fourth-order valence-corrected chi connectivity index (χ4v) is 2.99. The summed E-state index contributed by atoms with van der Waals surface area (Å²) < 4.78 is 36.9. The molecule has 0 aromatic rings. The second-order valence-electron chi connectivity index (χ2n) is 6.15. The molecule has 22 heavy (non-hydrogen) atoms. The monoisotopic (exact) mass is 319 g/mol. The zero-order valence-electron chi connectivity index (χ0n) is 12.7. The molecular formula is C15H24F3N3O. The van der Waals surface area contributed by atoms with Gasteiger partial charge in [-0.3, -0.25) is 4.90 Å². The van der Waals surface area contributed by atoms with E-state index < -0.39 is 12.7 Å². The third kappa shape index (κ3) is 6.25. The molecule has 1 atom stereocenters. The summed E-state index contributed by atoms with van der Waals surface area (Å²) in [7, 11) is 0. The van der Waals surface area contributed by atoms with E-state index in [1.807, 2.05) is 6.08 Å². The van der Waals surface area contributed by atoms with Crippen molar-refractivity contribution in [2.24, 2.45) is 5.92 Å². The van der Waals surface area contributed by atoms with Crippen LogP contribution < -0.4 is 10.6 Å². The predicted molar refractivity (Wildman–Crippen MR) is 78.5 cm³/mol. The van der Waals surface area contributed by atoms with E-state index in [2.05, 4.69) is 16.7 Å². The van der Waals surface area contributed by atoms with Gasteiger partial charge in [-0.1, -0.05) is 12.2 Å². The van der Waals surface area contributed by atoms with Crippen molar-refractivity contribution in [1.29, 1.82) is 0 Å². The fourth-order valence-electron chi connectivity index (χ4n) is 2.99. The Balaban J connectivity index is 1.61. The van der Waals surface area contributed by atoms with Crippen LogP contribution in [0.3, 0.4) is 0 Å². The van der Waals surface area contributed by atoms with Crippen LogP contribution in [-0.2, 0) is 0 Å². The van der Waals surface area contributed by atoms with Gasteiger partial charge in [-0.15, -0.1) is 0 Å². The van der Waals surface area contributed by atoms with Gasteiger partial charge in [0.2, 0.25) is 0 Å². The number of nitrogens with one attached hydrogen (secondary N) is 2. The van der Waals surface area contributed by atoms with E-state index in [0.29, 0.717) is 32.5 Å². The molecule has 2 amide bonds. The van der Waals surface area contributed by atoms with Gasteiger partial charge >= 0.3 is 12.2 Å². The lowest BCUT2D eigenvalue weighted by Gasteiger charge is -2.32. The van der Waals surface area contributed by atoms with Gasteiger partial charge in [0.25, 0.3) is 0 Å². The standard InChI is InChI=1S/C15H24F3N3O/c16-15(17,18)11-21-8-6-12(7-9-21)10-19-14(22)20-13-4-2-1-3-5-13/h2,4,12-13H,1,3,5-11H2,(H2,19,20,22). The SMILES string of the molecule is O=C(NCC1CCN(CC(F)(F)F)CC1)NC1C=CCCC1. The molecule has 126 valence electrons. The first kappa shape index (κ1) is 17.1. The van der Waals surface area contributed by atoms with Crippen molar-refractivity contribution in [2.45, 2.75) is 44.3 Å². The highest BCUT2D eigenvalue weighted by molar-refractivity contribution is 5.74. The highest BCUT2D eigenvalue weighted by Crippen LogP contribution is 2.22. The molecule has 2 aliphatic rings. The number of allylic oxidation sites excluding steroid dienone is 1. The number of rotatable bonds is 4. The van der Waals surface area contributed by atoms with Gasteiger partial charge in [0.05, 0.1) is 6.54 Å². The predicted octanol–water partition coefficient (Wildman–Crippen LogP) is 2.67. The van der Waals surface area contributed by atoms with Gasteiger partial charge in [-0.05, 0) is 51.1 Å². The summed E-state index contributed by atoms with van der Waals surface area (Å²) >= 11 is 0. The van der Waals surface area contributed by atoms with Crippen LogP contribution in [0.4, 0.5) is 18.0 Å². The second kappa shape index (κ2) is 7.85. The summed E-state index contributed by atoms with van der Waals surface area (Å²) in [5.74, 6) is 0.261. The molecule has 0 saturated carbocycles. The van der Waals surface area contributed by atoms with E-state index in [-0.39, 0.29) is 18.0 Å². The molecule has 1 heterocycles. The number of carbonyl (C=O) groups is 1. The molecule has 2 rings (SSSR count). The van der Waals surface area contributed by atoms with Crippen molar-refractivity contribution in [3.05, 3.63) is 12.2 Å². The molecule has 0 aromatic heterocycles. The van der Waals surface area contributed by atoms with Crippen LogP contribution in [0.1, 0.15) is 32.1 Å². The van der Waals surface area contributed by atoms with E-state index in [4.69, 9.17) is 0 Å². The highest BCUT2D eigenvalue weighted by atomic mass is 19.4. The van der Waals surface area contributed by atoms with Gasteiger partial charge in [0, 0.05) is 12.6 Å². The lowest BCUT2D eigenvalue weighted by atomic mass is 9.97. The Labute approximate surface area is 129 Å². The smallest absolute Gasteiger partial charge is 0.338 e. The summed E-state index contributed by atoms with van der Waals surface area (Å²) in [6.45, 7) is 0.585. The first-order valence-electron chi connectivity index (χ1n) is 7.92. The quantitative estimate of drug-likeness (QED) is 0.783. The van der Waals surface area contributed by atoms with Crippen molar-refractivity contribution in [3.63, 3.8) is 0 Å². The Bertz CT molecular complexity index is 390. The summed E-state index contributed by atoms with van der Waals surface area (Å²) in [5.41, 5.74) is 0. The number of amides is 2. The van der Waals surface area contributed by atoms with E-state index in [0.717, 1.165) is 19.3 Å². The number of hydrogen-bond donors (Lipinski definition) is 2. The molecule has 0 aromatic carbocycles. The summed E-state index contributed by atoms with van der Waals surface area (Å²) in [6, 6.07) is -0.0864. The first-order chi connectivity index (χ1) is 10.4. The van der Waals surface area contributed by atoms with Crippen molar-refractivity contribution in [1.82, 2.24) is 15.5 Å². The Hall–Kier alpha value is -1.24. The normalized spacial score (nSPS) is 24.2. The topological polar surface area (TPSA) is 44.4 Å². The van der Waals surface area contributed by atoms with Gasteiger partial charge in [0.1, 0.15) is 0 Å². The van der Waals surface area contributed by atoms with Crippen LogP contribution in [0.15, 0.2) is 12.2 Å². The number of nitrogens with zero attached hydrogens (tertiary/aromatic N) is 1. The minimum Gasteiger partial charge on any atom is -0.338 e. The number of halogens is 3. The van der Waals surface area contributed by atoms with Crippen LogP contribution in [0.2, 0.25) is 0 Å². The zero-order chi connectivity index (χ0) is 16.0. The molecule has 1 fully saturated rings. The van der Waals surface area contributed by atoms with Crippen molar-refractivity contribution in [3.8, 4) is 0 Å². The Kier molecular flexibility index (Phi) is 6.11. The average Bonchev–Trinajstić information content (AvgIpc) is 2.46. The molecule has 4 nitrogen and oxygen atoms in total. The average molecular weight is 319 g/mol. The molecule has 2 N–H and O–H groups in total. The summed E-state index contributed by atoms with van der Waals surface area (Å²) in [5, 5.41) is 5.74. The molecular weight excluding hydrogens is 295 g/mol. The number of hydrogen-bond acceptors (Lipinski definition) is 2. The highest BCUT2D eigenvalue weighted by Gasteiger charge is 2.32. The number of likely N-dealkylation sites (tertiary alicyclic amines) is 1. The van der Waals surface area contributed by atoms with E-state index >= 15 is 0 Å². The molecule has 1 saturated heterocycles. The Morgan fingerprint density at radius 1 is 1.23 bits per heavy atom. The van der Waals surface area contributed by atoms with Gasteiger partial charge in [0.15, 0.2) is 0 Å². The number of piperidine rings is 1. The maximum Gasteiger partial charge on any atom is 0.401 e. The van der Waals surface area contributed by atoms with Crippen LogP contribution in [0.5, 0.6) is 0 Å². The number of carbonyl (C=O) groups excluding carboxylic acids is 1. The van der Waals surface area contributed by atoms with Gasteiger partial charge < -0.3 is 10.6 Å². The van der Waals surface area contributed by atoms with Crippen molar-refractivity contribution < 1.29 is 18.0 Å². The minimum atomic E-state index is -4.13. The van der Waals surface area contributed by atoms with Crippen LogP contribution in [-0.4, -0.2) is 49.3 Å². The Morgan fingerprint density at radius 2 is 1.95 bits per heavy atom. The fraction of sp³-hybridized carbons (Fsp3) is 0.800. The molecule has 1 aliphatic carbocycles. The largest absolute Gasteiger partial charge is 0.401 e. The lowest BCUT2D eigenvalue weighted by molar-refractivity contribution is -0.148. The van der Waals surface area contributed by atoms with Crippen molar-refractivity contribution >= 4 is 6.03 Å². The second-order valence-corrected chi connectivity index (χ2v) is 6.15. The van der Waals surface area contributed by atoms with Gasteiger partial charge in [-0.25, -0.2) is 4.79 Å². The number of alkyl halides is 3.